The minimum Gasteiger partial charge on any atom is -0.390 e. The van der Waals surface area contributed by atoms with Gasteiger partial charge in [-0.05, 0) is 0 Å². The van der Waals surface area contributed by atoms with Crippen molar-refractivity contribution in [3.63, 3.8) is 0 Å². The molecule has 1 saturated heterocycles. The second-order valence-corrected chi connectivity index (χ2v) is 6.09. The van der Waals surface area contributed by atoms with Crippen molar-refractivity contribution in [2.24, 2.45) is 0 Å². The van der Waals surface area contributed by atoms with Gasteiger partial charge in [-0.15, -0.1) is 0 Å². The van der Waals surface area contributed by atoms with Crippen molar-refractivity contribution >= 4 is 7.82 Å². The molecule has 1 aliphatic rings. The van der Waals surface area contributed by atoms with Crippen LogP contribution in [0.3, 0.4) is 0 Å². The molecule has 14 heteroatoms. The maximum Gasteiger partial charge on any atom is 0.470 e. The molecule has 0 amide bonds. The summed E-state index contributed by atoms with van der Waals surface area (Å²) in [5, 5.41) is 9.78. The number of halogens is 3. The Labute approximate surface area is 130 Å². The summed E-state index contributed by atoms with van der Waals surface area (Å²) >= 11 is 0. The van der Waals surface area contributed by atoms with Crippen molar-refractivity contribution in [3.05, 3.63) is 32.9 Å². The van der Waals surface area contributed by atoms with Gasteiger partial charge in [0, 0.05) is 6.42 Å². The minimum atomic E-state index is -5.32. The molecule has 0 saturated carbocycles. The number of aromatic nitrogens is 2. The SMILES string of the molecule is O=c1[nH]c(=O)n([C@H]2C[C@H](O)[C@@H]([C@@H](OP(=O)(O)O)C(F)F)O2)cc1F. The van der Waals surface area contributed by atoms with Crippen LogP contribution >= 0.6 is 7.82 Å². The molecule has 0 radical (unpaired) electrons. The average Bonchev–Trinajstić information content (AvgIpc) is 2.80. The highest BCUT2D eigenvalue weighted by atomic mass is 31.2. The van der Waals surface area contributed by atoms with Gasteiger partial charge in [0.2, 0.25) is 5.82 Å². The predicted octanol–water partition coefficient (Wildman–Crippen LogP) is -0.933. The summed E-state index contributed by atoms with van der Waals surface area (Å²) in [6.07, 6.45) is -11.0. The van der Waals surface area contributed by atoms with Crippen LogP contribution in [0.4, 0.5) is 13.2 Å². The standard InChI is InChI=1S/C10H12F3N2O8P/c11-3-2-15(10(18)14-9(3)17)5-1-4(16)6(22-5)7(8(12)13)23-24(19,20)21/h2,4-8,16H,1H2,(H,14,17,18)(H2,19,20,21)/t4-,5+,6-,7+/m0/s1. The number of hydrogen-bond donors (Lipinski definition) is 4. The lowest BCUT2D eigenvalue weighted by Crippen LogP contribution is -2.41. The molecule has 10 nitrogen and oxygen atoms in total. The van der Waals surface area contributed by atoms with Gasteiger partial charge in [0.15, 0.2) is 6.10 Å². The van der Waals surface area contributed by atoms with E-state index >= 15 is 0 Å². The predicted molar refractivity (Wildman–Crippen MR) is 68.7 cm³/mol. The van der Waals surface area contributed by atoms with Crippen LogP contribution in [-0.2, 0) is 13.8 Å². The Morgan fingerprint density at radius 3 is 2.58 bits per heavy atom. The van der Waals surface area contributed by atoms with E-state index in [4.69, 9.17) is 14.5 Å². The van der Waals surface area contributed by atoms with Crippen LogP contribution in [-0.4, -0.2) is 49.2 Å². The lowest BCUT2D eigenvalue weighted by atomic mass is 10.1. The summed E-state index contributed by atoms with van der Waals surface area (Å²) in [7, 11) is -5.32. The minimum absolute atomic E-state index is 0.460. The zero-order valence-electron chi connectivity index (χ0n) is 11.6. The Kier molecular flexibility index (Phi) is 5.32. The quantitative estimate of drug-likeness (QED) is 0.481. The molecule has 0 unspecified atom stereocenters. The van der Waals surface area contributed by atoms with Crippen molar-refractivity contribution in [1.82, 2.24) is 9.55 Å². The third-order valence-electron chi connectivity index (χ3n) is 3.20. The molecule has 2 heterocycles. The highest BCUT2D eigenvalue weighted by molar-refractivity contribution is 7.46. The molecule has 0 bridgehead atoms. The van der Waals surface area contributed by atoms with E-state index in [1.807, 2.05) is 0 Å². The second-order valence-electron chi connectivity index (χ2n) is 4.90. The zero-order chi connectivity index (χ0) is 18.2. The molecule has 1 aliphatic heterocycles. The van der Waals surface area contributed by atoms with Crippen LogP contribution < -0.4 is 11.2 Å². The third kappa shape index (κ3) is 4.12. The number of phosphoric ester groups is 1. The van der Waals surface area contributed by atoms with Gasteiger partial charge in [0.25, 0.3) is 12.0 Å². The summed E-state index contributed by atoms with van der Waals surface area (Å²) in [6, 6.07) is 0. The number of aromatic amines is 1. The van der Waals surface area contributed by atoms with E-state index in [0.29, 0.717) is 10.8 Å². The van der Waals surface area contributed by atoms with Gasteiger partial charge in [-0.1, -0.05) is 0 Å². The molecule has 0 spiro atoms. The van der Waals surface area contributed by atoms with Crippen LogP contribution in [0.1, 0.15) is 12.6 Å². The first-order valence-electron chi connectivity index (χ1n) is 6.36. The average molecular weight is 376 g/mol. The molecule has 1 aromatic rings. The normalized spacial score (nSPS) is 26.0. The molecule has 0 aliphatic carbocycles. The van der Waals surface area contributed by atoms with Crippen molar-refractivity contribution in [1.29, 1.82) is 0 Å². The molecule has 4 atom stereocenters. The molecular weight excluding hydrogens is 364 g/mol. The third-order valence-corrected chi connectivity index (χ3v) is 3.72. The Morgan fingerprint density at radius 2 is 2.04 bits per heavy atom. The first-order chi connectivity index (χ1) is 11.0. The van der Waals surface area contributed by atoms with Gasteiger partial charge in [-0.2, -0.15) is 4.39 Å². The summed E-state index contributed by atoms with van der Waals surface area (Å²) in [6.45, 7) is 0. The van der Waals surface area contributed by atoms with E-state index in [2.05, 4.69) is 4.52 Å². The van der Waals surface area contributed by atoms with Gasteiger partial charge in [-0.3, -0.25) is 18.9 Å². The molecule has 1 fully saturated rings. The Hall–Kier alpha value is -1.50. The number of alkyl halides is 2. The van der Waals surface area contributed by atoms with E-state index in [1.165, 1.54) is 0 Å². The van der Waals surface area contributed by atoms with Crippen molar-refractivity contribution in [2.75, 3.05) is 0 Å². The van der Waals surface area contributed by atoms with Crippen LogP contribution in [0.5, 0.6) is 0 Å². The number of nitrogens with zero attached hydrogens (tertiary/aromatic N) is 1. The van der Waals surface area contributed by atoms with Crippen molar-refractivity contribution in [2.45, 2.75) is 37.4 Å². The smallest absolute Gasteiger partial charge is 0.390 e. The number of aliphatic hydroxyl groups excluding tert-OH is 1. The first kappa shape index (κ1) is 18.8. The number of phosphoric acid groups is 1. The Morgan fingerprint density at radius 1 is 1.42 bits per heavy atom. The molecule has 0 aromatic carbocycles. The van der Waals surface area contributed by atoms with Gasteiger partial charge in [0.05, 0.1) is 12.3 Å². The molecule has 136 valence electrons. The van der Waals surface area contributed by atoms with E-state index < -0.39 is 62.3 Å². The van der Waals surface area contributed by atoms with Crippen molar-refractivity contribution < 1.29 is 41.9 Å². The van der Waals surface area contributed by atoms with E-state index in [1.54, 1.807) is 4.98 Å². The highest BCUT2D eigenvalue weighted by Gasteiger charge is 2.47. The lowest BCUT2D eigenvalue weighted by Gasteiger charge is -2.25. The number of H-pyrrole nitrogens is 1. The second kappa shape index (κ2) is 6.78. The Balaban J connectivity index is 2.28. The molecule has 24 heavy (non-hydrogen) atoms. The Bertz CT molecular complexity index is 761. The van der Waals surface area contributed by atoms with Gasteiger partial charge < -0.3 is 19.6 Å². The highest BCUT2D eigenvalue weighted by Crippen LogP contribution is 2.42. The van der Waals surface area contributed by atoms with Crippen LogP contribution in [0.15, 0.2) is 15.8 Å². The van der Waals surface area contributed by atoms with E-state index in [0.717, 1.165) is 0 Å². The van der Waals surface area contributed by atoms with E-state index in [9.17, 15) is 32.4 Å². The van der Waals surface area contributed by atoms with Gasteiger partial charge in [-0.25, -0.2) is 18.1 Å². The number of nitrogens with one attached hydrogen (secondary N) is 1. The number of ether oxygens (including phenoxy) is 1. The zero-order valence-corrected chi connectivity index (χ0v) is 12.5. The molecule has 1 aromatic heterocycles. The summed E-state index contributed by atoms with van der Waals surface area (Å²) in [5.41, 5.74) is -2.43. The van der Waals surface area contributed by atoms with Crippen LogP contribution in [0.25, 0.3) is 0 Å². The van der Waals surface area contributed by atoms with Crippen LogP contribution in [0.2, 0.25) is 0 Å². The first-order valence-corrected chi connectivity index (χ1v) is 7.89. The fraction of sp³-hybridized carbons (Fsp3) is 0.600. The largest absolute Gasteiger partial charge is 0.470 e. The van der Waals surface area contributed by atoms with E-state index in [-0.39, 0.29) is 0 Å². The van der Waals surface area contributed by atoms with Crippen molar-refractivity contribution in [3.8, 4) is 0 Å². The molecule has 2 rings (SSSR count). The number of rotatable bonds is 5. The monoisotopic (exact) mass is 376 g/mol. The maximum atomic E-state index is 13.2. The number of aliphatic hydroxyl groups is 1. The van der Waals surface area contributed by atoms with Crippen LogP contribution in [0, 0.1) is 5.82 Å². The molecular formula is C10H12F3N2O8P. The topological polar surface area (TPSA) is 151 Å². The summed E-state index contributed by atoms with van der Waals surface area (Å²) in [4.78, 5) is 41.5. The molecule has 4 N–H and O–H groups in total. The summed E-state index contributed by atoms with van der Waals surface area (Å²) < 4.78 is 59.3. The number of hydrogen-bond acceptors (Lipinski definition) is 6. The maximum absolute atomic E-state index is 13.2. The fourth-order valence-electron chi connectivity index (χ4n) is 2.23. The summed E-state index contributed by atoms with van der Waals surface area (Å²) in [5.74, 6) is -1.35. The van der Waals surface area contributed by atoms with Gasteiger partial charge >= 0.3 is 13.5 Å². The van der Waals surface area contributed by atoms with Gasteiger partial charge in [0.1, 0.15) is 12.3 Å². The lowest BCUT2D eigenvalue weighted by molar-refractivity contribution is -0.126. The fourth-order valence-corrected chi connectivity index (χ4v) is 2.76.